The van der Waals surface area contributed by atoms with E-state index in [-0.39, 0.29) is 5.41 Å². The van der Waals surface area contributed by atoms with Gasteiger partial charge in [-0.05, 0) is 26.7 Å². The topological polar surface area (TPSA) is 68.8 Å². The molecule has 0 spiro atoms. The van der Waals surface area contributed by atoms with Crippen LogP contribution in [0.15, 0.2) is 49.1 Å². The van der Waals surface area contributed by atoms with Crippen LogP contribution in [0.25, 0.3) is 11.4 Å². The third-order valence-electron chi connectivity index (χ3n) is 4.61. The van der Waals surface area contributed by atoms with Gasteiger partial charge in [-0.2, -0.15) is 5.10 Å². The minimum atomic E-state index is -0.846. The van der Waals surface area contributed by atoms with Crippen LogP contribution in [0.3, 0.4) is 0 Å². The van der Waals surface area contributed by atoms with Gasteiger partial charge in [0.15, 0.2) is 5.82 Å². The molecule has 2 heterocycles. The third kappa shape index (κ3) is 3.35. The van der Waals surface area contributed by atoms with E-state index in [0.29, 0.717) is 6.54 Å². The molecule has 0 bridgehead atoms. The number of rotatable bonds is 6. The van der Waals surface area contributed by atoms with Crippen molar-refractivity contribution in [2.75, 3.05) is 0 Å². The van der Waals surface area contributed by atoms with Crippen molar-refractivity contribution in [1.82, 2.24) is 24.3 Å². The van der Waals surface area contributed by atoms with E-state index in [9.17, 15) is 5.11 Å². The van der Waals surface area contributed by atoms with Crippen LogP contribution in [0.4, 0.5) is 0 Å². The number of benzene rings is 1. The first-order chi connectivity index (χ1) is 12.0. The minimum absolute atomic E-state index is 0.0218. The summed E-state index contributed by atoms with van der Waals surface area (Å²) in [5.41, 5.74) is 0.129. The van der Waals surface area contributed by atoms with E-state index in [4.69, 9.17) is 10.1 Å². The lowest BCUT2D eigenvalue weighted by atomic mass is 10.1. The van der Waals surface area contributed by atoms with Crippen LogP contribution in [0.1, 0.15) is 32.5 Å². The molecule has 0 aliphatic heterocycles. The van der Waals surface area contributed by atoms with E-state index in [1.54, 1.807) is 20.0 Å². The van der Waals surface area contributed by atoms with E-state index in [1.807, 2.05) is 47.5 Å². The van der Waals surface area contributed by atoms with Gasteiger partial charge in [0.1, 0.15) is 5.82 Å². The maximum Gasteiger partial charge on any atom is 0.181 e. The second kappa shape index (κ2) is 5.81. The van der Waals surface area contributed by atoms with Gasteiger partial charge in [-0.3, -0.25) is 0 Å². The first-order valence-electron chi connectivity index (χ1n) is 8.64. The molecule has 0 radical (unpaired) electrons. The highest BCUT2D eigenvalue weighted by Crippen LogP contribution is 2.49. The van der Waals surface area contributed by atoms with Gasteiger partial charge >= 0.3 is 0 Å². The predicted molar refractivity (Wildman–Crippen MR) is 94.9 cm³/mol. The molecule has 0 amide bonds. The summed E-state index contributed by atoms with van der Waals surface area (Å²) in [7, 11) is 0. The van der Waals surface area contributed by atoms with Crippen LogP contribution in [0.2, 0.25) is 0 Å². The number of hydrogen-bond acceptors (Lipinski definition) is 4. The number of aliphatic hydroxyl groups is 1. The highest BCUT2D eigenvalue weighted by Gasteiger charge is 2.49. The highest BCUT2D eigenvalue weighted by atomic mass is 16.3. The fourth-order valence-electron chi connectivity index (χ4n) is 3.25. The SMILES string of the molecule is CC(C)(O)Cn1nc(-c2ccccc2)nc1C1(Cn2ccnc2)CC1. The van der Waals surface area contributed by atoms with E-state index >= 15 is 0 Å². The fourth-order valence-corrected chi connectivity index (χ4v) is 3.25. The molecule has 3 aromatic rings. The standard InChI is InChI=1S/C19H23N5O/c1-18(2,25)12-24-17(19(8-9-19)13-23-11-10-20-14-23)21-16(22-24)15-6-4-3-5-7-15/h3-7,10-11,14,25H,8-9,12-13H2,1-2H3. The fraction of sp³-hybridized carbons (Fsp3) is 0.421. The molecule has 1 aliphatic carbocycles. The summed E-state index contributed by atoms with van der Waals surface area (Å²) in [5.74, 6) is 1.68. The van der Waals surface area contributed by atoms with Crippen LogP contribution in [-0.4, -0.2) is 35.0 Å². The maximum absolute atomic E-state index is 10.3. The Morgan fingerprint density at radius 3 is 2.56 bits per heavy atom. The Labute approximate surface area is 147 Å². The van der Waals surface area contributed by atoms with Gasteiger partial charge in [0, 0.05) is 29.9 Å². The van der Waals surface area contributed by atoms with Crippen LogP contribution in [0, 0.1) is 0 Å². The molecular weight excluding hydrogens is 314 g/mol. The molecular formula is C19H23N5O. The average Bonchev–Trinajstić information content (AvgIpc) is 2.96. The Kier molecular flexibility index (Phi) is 3.72. The number of imidazole rings is 1. The molecule has 25 heavy (non-hydrogen) atoms. The van der Waals surface area contributed by atoms with Crippen molar-refractivity contribution in [3.8, 4) is 11.4 Å². The van der Waals surface area contributed by atoms with Gasteiger partial charge in [-0.25, -0.2) is 14.6 Å². The first-order valence-corrected chi connectivity index (χ1v) is 8.64. The molecule has 1 saturated carbocycles. The van der Waals surface area contributed by atoms with Crippen molar-refractivity contribution < 1.29 is 5.11 Å². The summed E-state index contributed by atoms with van der Waals surface area (Å²) in [4.78, 5) is 9.03. The Morgan fingerprint density at radius 2 is 1.96 bits per heavy atom. The average molecular weight is 337 g/mol. The molecule has 0 saturated heterocycles. The second-order valence-corrected chi connectivity index (χ2v) is 7.61. The Morgan fingerprint density at radius 1 is 1.20 bits per heavy atom. The molecule has 1 aromatic carbocycles. The van der Waals surface area contributed by atoms with E-state index in [1.165, 1.54) is 0 Å². The van der Waals surface area contributed by atoms with Crippen molar-refractivity contribution >= 4 is 0 Å². The minimum Gasteiger partial charge on any atom is -0.389 e. The molecule has 1 N–H and O–H groups in total. The van der Waals surface area contributed by atoms with Gasteiger partial charge in [-0.15, -0.1) is 0 Å². The Bertz CT molecular complexity index is 842. The van der Waals surface area contributed by atoms with Gasteiger partial charge < -0.3 is 9.67 Å². The lowest BCUT2D eigenvalue weighted by Gasteiger charge is -2.21. The summed E-state index contributed by atoms with van der Waals surface area (Å²) >= 11 is 0. The zero-order valence-electron chi connectivity index (χ0n) is 14.6. The lowest BCUT2D eigenvalue weighted by Crippen LogP contribution is -2.30. The van der Waals surface area contributed by atoms with Crippen LogP contribution in [0.5, 0.6) is 0 Å². The highest BCUT2D eigenvalue weighted by molar-refractivity contribution is 5.54. The quantitative estimate of drug-likeness (QED) is 0.751. The second-order valence-electron chi connectivity index (χ2n) is 7.61. The van der Waals surface area contributed by atoms with Crippen LogP contribution >= 0.6 is 0 Å². The van der Waals surface area contributed by atoms with Crippen LogP contribution in [-0.2, 0) is 18.5 Å². The zero-order chi connectivity index (χ0) is 17.5. The van der Waals surface area contributed by atoms with E-state index < -0.39 is 5.60 Å². The normalized spacial score (nSPS) is 16.1. The number of aromatic nitrogens is 5. The molecule has 1 aliphatic rings. The molecule has 1 fully saturated rings. The molecule has 6 heteroatoms. The number of nitrogens with zero attached hydrogens (tertiary/aromatic N) is 5. The largest absolute Gasteiger partial charge is 0.389 e. The lowest BCUT2D eigenvalue weighted by molar-refractivity contribution is 0.0560. The van der Waals surface area contributed by atoms with Crippen molar-refractivity contribution in [2.45, 2.75) is 50.8 Å². The maximum atomic E-state index is 10.3. The Hall–Kier alpha value is -2.47. The molecule has 2 aromatic heterocycles. The molecule has 0 atom stereocenters. The summed E-state index contributed by atoms with van der Waals surface area (Å²) in [5, 5.41) is 15.0. The summed E-state index contributed by atoms with van der Waals surface area (Å²) in [6, 6.07) is 10.00. The van der Waals surface area contributed by atoms with Crippen molar-refractivity contribution in [3.63, 3.8) is 0 Å². The van der Waals surface area contributed by atoms with E-state index in [0.717, 1.165) is 36.6 Å². The smallest absolute Gasteiger partial charge is 0.181 e. The zero-order valence-corrected chi connectivity index (χ0v) is 14.6. The molecule has 0 unspecified atom stereocenters. The van der Waals surface area contributed by atoms with Crippen molar-refractivity contribution in [2.24, 2.45) is 0 Å². The van der Waals surface area contributed by atoms with Gasteiger partial charge in [-0.1, -0.05) is 30.3 Å². The van der Waals surface area contributed by atoms with Crippen molar-refractivity contribution in [1.29, 1.82) is 0 Å². The predicted octanol–water partition coefficient (Wildman–Crippen LogP) is 2.64. The van der Waals surface area contributed by atoms with Gasteiger partial charge in [0.05, 0.1) is 18.5 Å². The molecule has 4 rings (SSSR count). The summed E-state index contributed by atoms with van der Waals surface area (Å²) in [6.07, 6.45) is 7.77. The molecule has 130 valence electrons. The van der Waals surface area contributed by atoms with Crippen LogP contribution < -0.4 is 0 Å². The summed E-state index contributed by atoms with van der Waals surface area (Å²) < 4.78 is 3.99. The van der Waals surface area contributed by atoms with Crippen molar-refractivity contribution in [3.05, 3.63) is 54.9 Å². The van der Waals surface area contributed by atoms with E-state index in [2.05, 4.69) is 9.55 Å². The summed E-state index contributed by atoms with van der Waals surface area (Å²) in [6.45, 7) is 4.87. The molecule has 6 nitrogen and oxygen atoms in total. The van der Waals surface area contributed by atoms with Gasteiger partial charge in [0.25, 0.3) is 0 Å². The Balaban J connectivity index is 1.73. The first kappa shape index (κ1) is 16.0. The monoisotopic (exact) mass is 337 g/mol. The van der Waals surface area contributed by atoms with Gasteiger partial charge in [0.2, 0.25) is 0 Å². The number of hydrogen-bond donors (Lipinski definition) is 1. The third-order valence-corrected chi connectivity index (χ3v) is 4.61.